The van der Waals surface area contributed by atoms with Crippen molar-refractivity contribution in [2.24, 2.45) is 0 Å². The van der Waals surface area contributed by atoms with Gasteiger partial charge in [0.2, 0.25) is 0 Å². The lowest BCUT2D eigenvalue weighted by Gasteiger charge is -2.10. The van der Waals surface area contributed by atoms with Crippen LogP contribution in [-0.4, -0.2) is 43.7 Å². The average molecular weight is 435 g/mol. The van der Waals surface area contributed by atoms with Crippen molar-refractivity contribution in [3.63, 3.8) is 0 Å². The molecule has 7 nitrogen and oxygen atoms in total. The minimum Gasteiger partial charge on any atom is -0.494 e. The normalized spacial score (nSPS) is 10.9. The summed E-state index contributed by atoms with van der Waals surface area (Å²) in [6.07, 6.45) is 14.4. The molecule has 174 valence electrons. The molecule has 0 radical (unpaired) electrons. The highest BCUT2D eigenvalue weighted by molar-refractivity contribution is 5.96. The summed E-state index contributed by atoms with van der Waals surface area (Å²) in [5.41, 5.74) is 0.937. The molecule has 31 heavy (non-hydrogen) atoms. The largest absolute Gasteiger partial charge is 0.494 e. The fraction of sp³-hybridized carbons (Fsp3) is 0.625. The predicted octanol–water partition coefficient (Wildman–Crippen LogP) is 4.60. The number of aromatic nitrogens is 1. The van der Waals surface area contributed by atoms with Gasteiger partial charge in [0.25, 0.3) is 5.91 Å². The Morgan fingerprint density at radius 1 is 1.06 bits per heavy atom. The number of esters is 1. The Kier molecular flexibility index (Phi) is 14.8. The molecule has 0 aromatic carbocycles. The molecular formula is C24H38N2O5. The van der Waals surface area contributed by atoms with Crippen LogP contribution in [0.3, 0.4) is 0 Å². The standard InChI is InChI=1S/C24H38N2O5/c1-4-6-8-10-11-13-15-31-22(27)18-26-24(28)23-21(29-3)16-20(17-25-23)19-30-14-12-9-7-5-2/h7,9,16-17H,4-6,8,10-15,18-19H2,1-3H3,(H,26,28). The van der Waals surface area contributed by atoms with E-state index in [-0.39, 0.29) is 12.2 Å². The fourth-order valence-electron chi connectivity index (χ4n) is 2.87. The van der Waals surface area contributed by atoms with E-state index in [4.69, 9.17) is 14.2 Å². The van der Waals surface area contributed by atoms with Crippen LogP contribution >= 0.6 is 0 Å². The third kappa shape index (κ3) is 12.1. The summed E-state index contributed by atoms with van der Waals surface area (Å²) in [4.78, 5) is 28.4. The number of methoxy groups -OCH3 is 1. The lowest BCUT2D eigenvalue weighted by Crippen LogP contribution is -2.31. The number of carbonyl (C=O) groups excluding carboxylic acids is 2. The van der Waals surface area contributed by atoms with E-state index in [0.29, 0.717) is 25.6 Å². The molecule has 0 saturated carbocycles. The minimum atomic E-state index is -0.481. The maximum absolute atomic E-state index is 12.4. The Balaban J connectivity index is 2.36. The first-order valence-electron chi connectivity index (χ1n) is 11.3. The molecule has 0 atom stereocenters. The van der Waals surface area contributed by atoms with Crippen molar-refractivity contribution in [1.82, 2.24) is 10.3 Å². The van der Waals surface area contributed by atoms with Crippen LogP contribution < -0.4 is 10.1 Å². The van der Waals surface area contributed by atoms with Gasteiger partial charge in [-0.1, -0.05) is 58.1 Å². The van der Waals surface area contributed by atoms with Gasteiger partial charge in [0.15, 0.2) is 11.4 Å². The molecule has 1 N–H and O–H groups in total. The molecule has 1 aromatic rings. The number of pyridine rings is 1. The zero-order valence-corrected chi connectivity index (χ0v) is 19.3. The third-order valence-corrected chi connectivity index (χ3v) is 4.60. The topological polar surface area (TPSA) is 86.8 Å². The van der Waals surface area contributed by atoms with E-state index in [9.17, 15) is 9.59 Å². The number of unbranched alkanes of at least 4 members (excludes halogenated alkanes) is 5. The SMILES string of the molecule is CCC=CCCOCc1cnc(C(=O)NCC(=O)OCCCCCCCC)c(OC)c1. The lowest BCUT2D eigenvalue weighted by molar-refractivity contribution is -0.142. The van der Waals surface area contributed by atoms with Crippen LogP contribution in [0.2, 0.25) is 0 Å². The second-order valence-corrected chi connectivity index (χ2v) is 7.29. The van der Waals surface area contributed by atoms with E-state index in [0.717, 1.165) is 37.7 Å². The molecule has 1 heterocycles. The van der Waals surface area contributed by atoms with Crippen LogP contribution in [0.15, 0.2) is 24.4 Å². The van der Waals surface area contributed by atoms with Gasteiger partial charge in [-0.15, -0.1) is 0 Å². The molecule has 0 unspecified atom stereocenters. The number of nitrogens with one attached hydrogen (secondary N) is 1. The van der Waals surface area contributed by atoms with Crippen LogP contribution in [0.1, 0.15) is 81.3 Å². The van der Waals surface area contributed by atoms with Crippen molar-refractivity contribution in [2.45, 2.75) is 71.8 Å². The van der Waals surface area contributed by atoms with Gasteiger partial charge in [-0.05, 0) is 30.9 Å². The molecule has 1 amide bonds. The summed E-state index contributed by atoms with van der Waals surface area (Å²) in [5.74, 6) is -0.599. The van der Waals surface area contributed by atoms with Crippen molar-refractivity contribution in [3.05, 3.63) is 35.7 Å². The Labute approximate surface area is 186 Å². The van der Waals surface area contributed by atoms with E-state index in [1.807, 2.05) is 0 Å². The number of hydrogen-bond acceptors (Lipinski definition) is 6. The number of nitrogens with zero attached hydrogens (tertiary/aromatic N) is 1. The summed E-state index contributed by atoms with van der Waals surface area (Å²) < 4.78 is 16.1. The molecule has 0 saturated heterocycles. The van der Waals surface area contributed by atoms with Crippen molar-refractivity contribution < 1.29 is 23.8 Å². The Hall–Kier alpha value is -2.41. The molecule has 0 fully saturated rings. The minimum absolute atomic E-state index is 0.126. The molecule has 1 aromatic heterocycles. The quantitative estimate of drug-likeness (QED) is 0.219. The maximum atomic E-state index is 12.4. The van der Waals surface area contributed by atoms with Crippen molar-refractivity contribution in [2.75, 3.05) is 26.9 Å². The number of ether oxygens (including phenoxy) is 3. The Morgan fingerprint density at radius 3 is 2.58 bits per heavy atom. The van der Waals surface area contributed by atoms with Crippen molar-refractivity contribution in [1.29, 1.82) is 0 Å². The number of amides is 1. The summed E-state index contributed by atoms with van der Waals surface area (Å²) in [6.45, 7) is 5.45. The van der Waals surface area contributed by atoms with Crippen LogP contribution in [0.4, 0.5) is 0 Å². The first-order valence-corrected chi connectivity index (χ1v) is 11.3. The molecule has 7 heteroatoms. The number of carbonyl (C=O) groups is 2. The molecule has 0 spiro atoms. The van der Waals surface area contributed by atoms with E-state index in [1.54, 1.807) is 12.3 Å². The zero-order valence-electron chi connectivity index (χ0n) is 19.3. The van der Waals surface area contributed by atoms with Gasteiger partial charge in [-0.25, -0.2) is 4.98 Å². The average Bonchev–Trinajstić information content (AvgIpc) is 2.79. The monoisotopic (exact) mass is 434 g/mol. The zero-order chi connectivity index (χ0) is 22.7. The van der Waals surface area contributed by atoms with Gasteiger partial charge in [0.05, 0.1) is 26.9 Å². The highest BCUT2D eigenvalue weighted by atomic mass is 16.5. The van der Waals surface area contributed by atoms with Crippen molar-refractivity contribution >= 4 is 11.9 Å². The highest BCUT2D eigenvalue weighted by Crippen LogP contribution is 2.18. The summed E-state index contributed by atoms with van der Waals surface area (Å²) >= 11 is 0. The smallest absolute Gasteiger partial charge is 0.325 e. The summed E-state index contributed by atoms with van der Waals surface area (Å²) in [6, 6.07) is 1.72. The predicted molar refractivity (Wildman–Crippen MR) is 121 cm³/mol. The Bertz CT molecular complexity index is 676. The van der Waals surface area contributed by atoms with Crippen molar-refractivity contribution in [3.8, 4) is 5.75 Å². The number of hydrogen-bond donors (Lipinski definition) is 1. The van der Waals surface area contributed by atoms with Gasteiger partial charge in [-0.3, -0.25) is 9.59 Å². The summed E-state index contributed by atoms with van der Waals surface area (Å²) in [7, 11) is 1.47. The van der Waals surface area contributed by atoms with Crippen LogP contribution in [0.5, 0.6) is 5.75 Å². The molecular weight excluding hydrogens is 396 g/mol. The van der Waals surface area contributed by atoms with Crippen LogP contribution in [0.25, 0.3) is 0 Å². The molecule has 0 aliphatic carbocycles. The maximum Gasteiger partial charge on any atom is 0.325 e. The van der Waals surface area contributed by atoms with Gasteiger partial charge in [-0.2, -0.15) is 0 Å². The lowest BCUT2D eigenvalue weighted by atomic mass is 10.1. The highest BCUT2D eigenvalue weighted by Gasteiger charge is 2.16. The van der Waals surface area contributed by atoms with Gasteiger partial charge in [0, 0.05) is 6.20 Å². The van der Waals surface area contributed by atoms with E-state index < -0.39 is 11.9 Å². The van der Waals surface area contributed by atoms with E-state index in [1.165, 1.54) is 26.4 Å². The molecule has 0 bridgehead atoms. The number of allylic oxidation sites excluding steroid dienone is 1. The first kappa shape index (κ1) is 26.6. The van der Waals surface area contributed by atoms with E-state index in [2.05, 4.69) is 36.3 Å². The summed E-state index contributed by atoms with van der Waals surface area (Å²) in [5, 5.41) is 2.54. The Morgan fingerprint density at radius 2 is 1.84 bits per heavy atom. The second kappa shape index (κ2) is 17.3. The van der Waals surface area contributed by atoms with Gasteiger partial charge < -0.3 is 19.5 Å². The number of rotatable bonds is 17. The van der Waals surface area contributed by atoms with Gasteiger partial charge >= 0.3 is 5.97 Å². The molecule has 0 aliphatic heterocycles. The molecule has 1 rings (SSSR count). The van der Waals surface area contributed by atoms with Gasteiger partial charge in [0.1, 0.15) is 6.54 Å². The van der Waals surface area contributed by atoms with Crippen LogP contribution in [0, 0.1) is 0 Å². The first-order chi connectivity index (χ1) is 15.1. The third-order valence-electron chi connectivity index (χ3n) is 4.60. The van der Waals surface area contributed by atoms with E-state index >= 15 is 0 Å². The molecule has 0 aliphatic rings. The van der Waals surface area contributed by atoms with Crippen LogP contribution in [-0.2, 0) is 20.9 Å². The fourth-order valence-corrected chi connectivity index (χ4v) is 2.87. The second-order valence-electron chi connectivity index (χ2n) is 7.29.